The summed E-state index contributed by atoms with van der Waals surface area (Å²) in [4.78, 5) is 4.38. The molecule has 0 aromatic rings. The van der Waals surface area contributed by atoms with Gasteiger partial charge in [0.2, 0.25) is 0 Å². The standard InChI is InChI=1S/C12H21N3O/c1-8(2)11-9(5-6-16-11)7-14-12(13)15-10-3-4-10/h9-11H,1,3-7H2,2H3,(H3,13,14,15). The molecule has 1 aliphatic heterocycles. The molecule has 90 valence electrons. The summed E-state index contributed by atoms with van der Waals surface area (Å²) >= 11 is 0. The van der Waals surface area contributed by atoms with Gasteiger partial charge in [0.05, 0.1) is 6.10 Å². The van der Waals surface area contributed by atoms with Gasteiger partial charge in [0.15, 0.2) is 5.96 Å². The van der Waals surface area contributed by atoms with Gasteiger partial charge in [-0.3, -0.25) is 4.99 Å². The Hall–Kier alpha value is -1.03. The number of guanidine groups is 1. The third-order valence-electron chi connectivity index (χ3n) is 3.13. The number of hydrogen-bond acceptors (Lipinski definition) is 2. The Morgan fingerprint density at radius 2 is 2.25 bits per heavy atom. The van der Waals surface area contributed by atoms with Crippen molar-refractivity contribution < 1.29 is 4.74 Å². The van der Waals surface area contributed by atoms with Crippen LogP contribution in [0.15, 0.2) is 17.1 Å². The summed E-state index contributed by atoms with van der Waals surface area (Å²) in [5.74, 6) is 1.02. The number of nitrogens with one attached hydrogen (secondary N) is 1. The molecule has 4 nitrogen and oxygen atoms in total. The van der Waals surface area contributed by atoms with E-state index in [1.807, 2.05) is 6.92 Å². The summed E-state index contributed by atoms with van der Waals surface area (Å²) in [5.41, 5.74) is 6.88. The largest absolute Gasteiger partial charge is 0.374 e. The van der Waals surface area contributed by atoms with E-state index in [2.05, 4.69) is 16.9 Å². The van der Waals surface area contributed by atoms with Gasteiger partial charge in [0.1, 0.15) is 0 Å². The highest BCUT2D eigenvalue weighted by Crippen LogP contribution is 2.26. The summed E-state index contributed by atoms with van der Waals surface area (Å²) in [7, 11) is 0. The molecule has 0 aromatic heterocycles. The maximum Gasteiger partial charge on any atom is 0.188 e. The summed E-state index contributed by atoms with van der Waals surface area (Å²) in [5, 5.41) is 3.19. The van der Waals surface area contributed by atoms with Crippen LogP contribution < -0.4 is 11.1 Å². The molecule has 2 aliphatic rings. The first-order chi connectivity index (χ1) is 7.66. The molecule has 3 N–H and O–H groups in total. The van der Waals surface area contributed by atoms with Gasteiger partial charge in [0, 0.05) is 25.1 Å². The second kappa shape index (κ2) is 4.87. The van der Waals surface area contributed by atoms with Crippen molar-refractivity contribution >= 4 is 5.96 Å². The van der Waals surface area contributed by atoms with Crippen molar-refractivity contribution in [3.63, 3.8) is 0 Å². The van der Waals surface area contributed by atoms with Crippen LogP contribution in [0.3, 0.4) is 0 Å². The Bertz CT molecular complexity index is 297. The lowest BCUT2D eigenvalue weighted by molar-refractivity contribution is 0.120. The summed E-state index contributed by atoms with van der Waals surface area (Å²) in [6.07, 6.45) is 3.66. The SMILES string of the molecule is C=C(C)C1OCCC1CN=C(N)NC1CC1. The van der Waals surface area contributed by atoms with Crippen molar-refractivity contribution in [3.05, 3.63) is 12.2 Å². The van der Waals surface area contributed by atoms with E-state index in [1.54, 1.807) is 0 Å². The van der Waals surface area contributed by atoms with Gasteiger partial charge in [0.25, 0.3) is 0 Å². The number of nitrogens with two attached hydrogens (primary N) is 1. The van der Waals surface area contributed by atoms with Crippen LogP contribution in [-0.2, 0) is 4.74 Å². The lowest BCUT2D eigenvalue weighted by Crippen LogP contribution is -2.34. The maximum atomic E-state index is 5.79. The zero-order chi connectivity index (χ0) is 11.5. The topological polar surface area (TPSA) is 59.6 Å². The minimum atomic E-state index is 0.164. The molecule has 1 heterocycles. The minimum Gasteiger partial charge on any atom is -0.374 e. The van der Waals surface area contributed by atoms with Crippen molar-refractivity contribution in [1.82, 2.24) is 5.32 Å². The number of hydrogen-bond donors (Lipinski definition) is 2. The number of rotatable bonds is 4. The summed E-state index contributed by atoms with van der Waals surface area (Å²) < 4.78 is 5.62. The van der Waals surface area contributed by atoms with Crippen LogP contribution in [0, 0.1) is 5.92 Å². The molecular weight excluding hydrogens is 202 g/mol. The molecule has 0 bridgehead atoms. The van der Waals surface area contributed by atoms with E-state index >= 15 is 0 Å². The monoisotopic (exact) mass is 223 g/mol. The zero-order valence-electron chi connectivity index (χ0n) is 9.91. The number of ether oxygens (including phenoxy) is 1. The molecule has 2 unspecified atom stereocenters. The van der Waals surface area contributed by atoms with E-state index < -0.39 is 0 Å². The van der Waals surface area contributed by atoms with Gasteiger partial charge in [-0.2, -0.15) is 0 Å². The zero-order valence-corrected chi connectivity index (χ0v) is 9.91. The van der Waals surface area contributed by atoms with E-state index in [9.17, 15) is 0 Å². The molecule has 1 saturated carbocycles. The molecule has 2 fully saturated rings. The first-order valence-corrected chi connectivity index (χ1v) is 6.00. The molecule has 2 atom stereocenters. The van der Waals surface area contributed by atoms with Crippen LogP contribution in [0.1, 0.15) is 26.2 Å². The van der Waals surface area contributed by atoms with Crippen LogP contribution in [0.4, 0.5) is 0 Å². The van der Waals surface area contributed by atoms with E-state index in [0.29, 0.717) is 17.9 Å². The smallest absolute Gasteiger partial charge is 0.188 e. The highest BCUT2D eigenvalue weighted by atomic mass is 16.5. The molecule has 0 radical (unpaired) electrons. The fourth-order valence-electron chi connectivity index (χ4n) is 2.06. The van der Waals surface area contributed by atoms with Gasteiger partial charge in [-0.15, -0.1) is 0 Å². The van der Waals surface area contributed by atoms with Crippen LogP contribution in [0.25, 0.3) is 0 Å². The highest BCUT2D eigenvalue weighted by Gasteiger charge is 2.28. The molecule has 4 heteroatoms. The molecule has 0 spiro atoms. The van der Waals surface area contributed by atoms with Gasteiger partial charge < -0.3 is 15.8 Å². The Morgan fingerprint density at radius 3 is 2.88 bits per heavy atom. The molecular formula is C12H21N3O. The third kappa shape index (κ3) is 2.98. The number of nitrogens with zero attached hydrogens (tertiary/aromatic N) is 1. The van der Waals surface area contributed by atoms with Crippen LogP contribution in [-0.4, -0.2) is 31.3 Å². The second-order valence-corrected chi connectivity index (χ2v) is 4.83. The van der Waals surface area contributed by atoms with Crippen molar-refractivity contribution in [2.75, 3.05) is 13.2 Å². The van der Waals surface area contributed by atoms with Gasteiger partial charge in [-0.25, -0.2) is 0 Å². The molecule has 2 rings (SSSR count). The number of aliphatic imine (C=N–C) groups is 1. The van der Waals surface area contributed by atoms with E-state index in [1.165, 1.54) is 12.8 Å². The Labute approximate surface area is 97.0 Å². The minimum absolute atomic E-state index is 0.164. The average Bonchev–Trinajstić information content (AvgIpc) is 2.91. The van der Waals surface area contributed by atoms with Crippen LogP contribution in [0.5, 0.6) is 0 Å². The van der Waals surface area contributed by atoms with Crippen molar-refractivity contribution in [2.45, 2.75) is 38.3 Å². The van der Waals surface area contributed by atoms with Crippen LogP contribution in [0.2, 0.25) is 0 Å². The fraction of sp³-hybridized carbons (Fsp3) is 0.750. The van der Waals surface area contributed by atoms with E-state index in [4.69, 9.17) is 10.5 Å². The third-order valence-corrected chi connectivity index (χ3v) is 3.13. The fourth-order valence-corrected chi connectivity index (χ4v) is 2.06. The molecule has 0 amide bonds. The summed E-state index contributed by atoms with van der Waals surface area (Å²) in [6, 6.07) is 0.570. The Morgan fingerprint density at radius 1 is 1.50 bits per heavy atom. The van der Waals surface area contributed by atoms with Gasteiger partial charge >= 0.3 is 0 Å². The van der Waals surface area contributed by atoms with Gasteiger partial charge in [-0.05, 0) is 26.2 Å². The Balaban J connectivity index is 1.81. The molecule has 1 aliphatic carbocycles. The quantitative estimate of drug-likeness (QED) is 0.425. The lowest BCUT2D eigenvalue weighted by atomic mass is 9.97. The molecule has 0 aromatic carbocycles. The van der Waals surface area contributed by atoms with Crippen molar-refractivity contribution in [2.24, 2.45) is 16.6 Å². The summed E-state index contributed by atoms with van der Waals surface area (Å²) in [6.45, 7) is 7.52. The van der Waals surface area contributed by atoms with Crippen LogP contribution >= 0.6 is 0 Å². The molecule has 1 saturated heterocycles. The predicted octanol–water partition coefficient (Wildman–Crippen LogP) is 1.03. The molecule has 16 heavy (non-hydrogen) atoms. The van der Waals surface area contributed by atoms with Crippen molar-refractivity contribution in [1.29, 1.82) is 0 Å². The second-order valence-electron chi connectivity index (χ2n) is 4.83. The van der Waals surface area contributed by atoms with Crippen molar-refractivity contribution in [3.8, 4) is 0 Å². The predicted molar refractivity (Wildman–Crippen MR) is 65.3 cm³/mol. The Kier molecular flexibility index (Phi) is 3.49. The maximum absolute atomic E-state index is 5.79. The first kappa shape index (κ1) is 11.5. The van der Waals surface area contributed by atoms with Gasteiger partial charge in [-0.1, -0.05) is 12.2 Å². The highest BCUT2D eigenvalue weighted by molar-refractivity contribution is 5.78. The normalized spacial score (nSPS) is 30.4. The lowest BCUT2D eigenvalue weighted by Gasteiger charge is -2.16. The van der Waals surface area contributed by atoms with E-state index in [-0.39, 0.29) is 6.10 Å². The van der Waals surface area contributed by atoms with E-state index in [0.717, 1.165) is 25.1 Å². The first-order valence-electron chi connectivity index (χ1n) is 6.00. The average molecular weight is 223 g/mol.